The predicted octanol–water partition coefficient (Wildman–Crippen LogP) is 5.87. The third-order valence-corrected chi connectivity index (χ3v) is 6.36. The summed E-state index contributed by atoms with van der Waals surface area (Å²) in [5.41, 5.74) is -1.24. The van der Waals surface area contributed by atoms with E-state index in [9.17, 15) is 31.1 Å². The number of likely N-dealkylation sites (tertiary alicyclic amines) is 1. The molecule has 2 heterocycles. The summed E-state index contributed by atoms with van der Waals surface area (Å²) in [7, 11) is 1.30. The maximum atomic E-state index is 13.7. The highest BCUT2D eigenvalue weighted by Gasteiger charge is 2.42. The summed E-state index contributed by atoms with van der Waals surface area (Å²) in [6, 6.07) is 4.45. The summed E-state index contributed by atoms with van der Waals surface area (Å²) in [6.45, 7) is 3.83. The Hall–Kier alpha value is -2.82. The molecule has 1 unspecified atom stereocenters. The van der Waals surface area contributed by atoms with Crippen molar-refractivity contribution in [1.82, 2.24) is 15.2 Å². The van der Waals surface area contributed by atoms with Crippen LogP contribution in [0.4, 0.5) is 26.3 Å². The summed E-state index contributed by atoms with van der Waals surface area (Å²) in [5.74, 6) is -2.47. The van der Waals surface area contributed by atoms with Crippen molar-refractivity contribution < 1.29 is 35.9 Å². The normalized spacial score (nSPS) is 16.9. The Kier molecular flexibility index (Phi) is 8.53. The van der Waals surface area contributed by atoms with Gasteiger partial charge in [-0.25, -0.2) is 0 Å². The highest BCUT2D eigenvalue weighted by atomic mass is 19.4. The number of halogens is 6. The van der Waals surface area contributed by atoms with Gasteiger partial charge >= 0.3 is 12.4 Å². The average molecular weight is 518 g/mol. The van der Waals surface area contributed by atoms with Crippen LogP contribution in [-0.4, -0.2) is 54.8 Å². The molecule has 11 heteroatoms. The van der Waals surface area contributed by atoms with E-state index in [-0.39, 0.29) is 34.8 Å². The molecule has 1 saturated heterocycles. The first-order valence-corrected chi connectivity index (χ1v) is 11.6. The zero-order chi connectivity index (χ0) is 26.7. The first-order chi connectivity index (χ1) is 16.8. The molecule has 1 aromatic carbocycles. The van der Waals surface area contributed by atoms with Crippen LogP contribution < -0.4 is 10.1 Å². The van der Waals surface area contributed by atoms with Crippen molar-refractivity contribution in [3.63, 3.8) is 0 Å². The van der Waals surface area contributed by atoms with Gasteiger partial charge in [-0.15, -0.1) is 0 Å². The molecule has 5 nitrogen and oxygen atoms in total. The van der Waals surface area contributed by atoms with Gasteiger partial charge in [0.25, 0.3) is 5.91 Å². The zero-order valence-electron chi connectivity index (χ0n) is 20.3. The Morgan fingerprint density at radius 1 is 1.08 bits per heavy atom. The molecule has 0 radical (unpaired) electrons. The second-order valence-corrected chi connectivity index (χ2v) is 9.06. The van der Waals surface area contributed by atoms with Crippen molar-refractivity contribution >= 4 is 5.91 Å². The van der Waals surface area contributed by atoms with Crippen molar-refractivity contribution in [2.75, 3.05) is 26.7 Å². The molecular weight excluding hydrogens is 488 g/mol. The van der Waals surface area contributed by atoms with Gasteiger partial charge in [-0.05, 0) is 63.2 Å². The first kappa shape index (κ1) is 27.8. The smallest absolute Gasteiger partial charge is 0.417 e. The molecule has 3 rings (SSSR count). The fourth-order valence-corrected chi connectivity index (χ4v) is 4.28. The molecule has 0 spiro atoms. The molecule has 1 fully saturated rings. The molecule has 1 aliphatic rings. The fraction of sp³-hybridized carbons (Fsp3) is 0.520. The number of pyridine rings is 1. The number of benzene rings is 1. The van der Waals surface area contributed by atoms with Crippen LogP contribution in [0.15, 0.2) is 30.3 Å². The van der Waals surface area contributed by atoms with E-state index in [2.05, 4.69) is 10.3 Å². The minimum absolute atomic E-state index is 0.0252. The van der Waals surface area contributed by atoms with E-state index in [4.69, 9.17) is 4.74 Å². The van der Waals surface area contributed by atoms with Gasteiger partial charge in [-0.3, -0.25) is 9.78 Å². The van der Waals surface area contributed by atoms with Crippen molar-refractivity contribution in [3.8, 4) is 17.0 Å². The number of piperidine rings is 1. The molecule has 0 saturated carbocycles. The summed E-state index contributed by atoms with van der Waals surface area (Å²) >= 11 is 0. The van der Waals surface area contributed by atoms with Gasteiger partial charge in [0.05, 0.1) is 30.3 Å². The molecule has 1 N–H and O–H groups in total. The molecule has 1 aromatic heterocycles. The molecule has 2 atom stereocenters. The number of carbonyl (C=O) groups is 1. The summed E-state index contributed by atoms with van der Waals surface area (Å²) in [5, 5.41) is 2.48. The van der Waals surface area contributed by atoms with Crippen molar-refractivity contribution in [1.29, 1.82) is 0 Å². The lowest BCUT2D eigenvalue weighted by atomic mass is 9.98. The van der Waals surface area contributed by atoms with E-state index < -0.39 is 35.8 Å². The van der Waals surface area contributed by atoms with Gasteiger partial charge in [-0.1, -0.05) is 13.3 Å². The lowest BCUT2D eigenvalue weighted by Crippen LogP contribution is -2.51. The number of carbonyl (C=O) groups excluding carboxylic acids is 1. The van der Waals surface area contributed by atoms with Crippen LogP contribution in [0.1, 0.15) is 47.8 Å². The molecular formula is C25H29F6N3O2. The van der Waals surface area contributed by atoms with Gasteiger partial charge in [0, 0.05) is 23.4 Å². The number of aryl methyl sites for hydroxylation is 1. The van der Waals surface area contributed by atoms with Gasteiger partial charge in [-0.2, -0.15) is 26.3 Å². The number of nitrogens with zero attached hydrogens (tertiary/aromatic N) is 2. The predicted molar refractivity (Wildman–Crippen MR) is 123 cm³/mol. The molecule has 36 heavy (non-hydrogen) atoms. The number of ether oxygens (including phenoxy) is 1. The topological polar surface area (TPSA) is 54.5 Å². The van der Waals surface area contributed by atoms with Crippen LogP contribution in [-0.2, 0) is 6.18 Å². The van der Waals surface area contributed by atoms with Crippen LogP contribution in [0.2, 0.25) is 0 Å². The Morgan fingerprint density at radius 3 is 2.33 bits per heavy atom. The SMILES string of the molecule is COc1ccc(C(F)(F)F)c(-c2cc(C(=O)N[C@@H](CN3CCCCC3)C(C)C(F)(F)F)cc(C)n2)c1. The maximum absolute atomic E-state index is 13.7. The first-order valence-electron chi connectivity index (χ1n) is 11.6. The Labute approximate surface area is 205 Å². The quantitative estimate of drug-likeness (QED) is 0.467. The van der Waals surface area contributed by atoms with E-state index in [0.717, 1.165) is 44.4 Å². The van der Waals surface area contributed by atoms with Gasteiger partial charge in [0.2, 0.25) is 0 Å². The van der Waals surface area contributed by atoms with E-state index in [1.165, 1.54) is 26.2 Å². The number of nitrogens with one attached hydrogen (secondary N) is 1. The van der Waals surface area contributed by atoms with Crippen LogP contribution in [0.25, 0.3) is 11.3 Å². The number of aromatic nitrogens is 1. The fourth-order valence-electron chi connectivity index (χ4n) is 4.28. The Morgan fingerprint density at radius 2 is 1.75 bits per heavy atom. The summed E-state index contributed by atoms with van der Waals surface area (Å²) < 4.78 is 86.8. The van der Waals surface area contributed by atoms with Crippen LogP contribution in [0.5, 0.6) is 5.75 Å². The molecule has 0 aliphatic carbocycles. The largest absolute Gasteiger partial charge is 0.497 e. The molecule has 198 valence electrons. The average Bonchev–Trinajstić information content (AvgIpc) is 2.81. The lowest BCUT2D eigenvalue weighted by molar-refractivity contribution is -0.177. The second-order valence-electron chi connectivity index (χ2n) is 9.06. The van der Waals surface area contributed by atoms with Gasteiger partial charge in [0.15, 0.2) is 0 Å². The Bertz CT molecular complexity index is 1060. The lowest BCUT2D eigenvalue weighted by Gasteiger charge is -2.34. The van der Waals surface area contributed by atoms with Gasteiger partial charge < -0.3 is 15.0 Å². The molecule has 1 amide bonds. The van der Waals surface area contributed by atoms with Crippen LogP contribution in [0.3, 0.4) is 0 Å². The maximum Gasteiger partial charge on any atom is 0.417 e. The highest BCUT2D eigenvalue weighted by Crippen LogP contribution is 2.39. The van der Waals surface area contributed by atoms with Gasteiger partial charge in [0.1, 0.15) is 5.75 Å². The number of methoxy groups -OCH3 is 1. The minimum Gasteiger partial charge on any atom is -0.497 e. The standard InChI is InChI=1S/C25H29F6N3O2/c1-15-11-17(12-21(32-15)19-13-18(36-3)7-8-20(19)25(29,30)31)23(35)33-22(16(2)24(26,27)28)14-34-9-5-4-6-10-34/h7-8,11-13,16,22H,4-6,9-10,14H2,1-3H3,(H,33,35)/t16?,22-/m0/s1. The van der Waals surface area contributed by atoms with E-state index in [0.29, 0.717) is 13.1 Å². The highest BCUT2D eigenvalue weighted by molar-refractivity contribution is 5.95. The minimum atomic E-state index is -4.70. The summed E-state index contributed by atoms with van der Waals surface area (Å²) in [6.07, 6.45) is -6.48. The van der Waals surface area contributed by atoms with E-state index in [1.807, 2.05) is 4.90 Å². The number of amides is 1. The molecule has 1 aliphatic heterocycles. The Balaban J connectivity index is 1.95. The third-order valence-electron chi connectivity index (χ3n) is 6.36. The summed E-state index contributed by atoms with van der Waals surface area (Å²) in [4.78, 5) is 19.2. The zero-order valence-corrected chi connectivity index (χ0v) is 20.3. The second kappa shape index (κ2) is 11.1. The van der Waals surface area contributed by atoms with Crippen LogP contribution >= 0.6 is 0 Å². The number of hydrogen-bond acceptors (Lipinski definition) is 4. The van der Waals surface area contributed by atoms with Crippen molar-refractivity contribution in [2.45, 2.75) is 51.5 Å². The molecule has 0 bridgehead atoms. The third kappa shape index (κ3) is 6.89. The monoisotopic (exact) mass is 517 g/mol. The van der Waals surface area contributed by atoms with Crippen molar-refractivity contribution in [3.05, 3.63) is 47.2 Å². The number of alkyl halides is 6. The van der Waals surface area contributed by atoms with Crippen molar-refractivity contribution in [2.24, 2.45) is 5.92 Å². The van der Waals surface area contributed by atoms with E-state index in [1.54, 1.807) is 0 Å². The van der Waals surface area contributed by atoms with Crippen LogP contribution in [0, 0.1) is 12.8 Å². The number of hydrogen-bond donors (Lipinski definition) is 1. The van der Waals surface area contributed by atoms with E-state index >= 15 is 0 Å². The molecule has 2 aromatic rings. The number of rotatable bonds is 7.